The lowest BCUT2D eigenvalue weighted by molar-refractivity contribution is -0.137. The normalized spacial score (nSPS) is 17.8. The summed E-state index contributed by atoms with van der Waals surface area (Å²) < 4.78 is 6.17. The minimum atomic E-state index is -0.623. The van der Waals surface area contributed by atoms with Crippen LogP contribution in [0.3, 0.4) is 0 Å². The van der Waals surface area contributed by atoms with Crippen LogP contribution in [0.25, 0.3) is 0 Å². The number of hydrogen-bond donors (Lipinski definition) is 0. The standard InChI is InChI=1S/C31H34N2O3/c1-21-8-7-11-26(18-21)29-28-19-27(15-14-24(28)16-17-33(29)31(35)25-12-13-25)36-22(2)30(34)32(3)20-23-9-5-4-6-10-23/h4-11,14-15,18-19,22,25,29H,12-13,16-17,20H2,1-3H3. The van der Waals surface area contributed by atoms with Gasteiger partial charge in [-0.05, 0) is 67.5 Å². The molecule has 0 N–H and O–H groups in total. The number of likely N-dealkylation sites (N-methyl/N-ethyl adjacent to an activating group) is 1. The first-order chi connectivity index (χ1) is 17.4. The summed E-state index contributed by atoms with van der Waals surface area (Å²) in [6, 6.07) is 24.3. The molecule has 186 valence electrons. The van der Waals surface area contributed by atoms with E-state index in [-0.39, 0.29) is 23.8 Å². The van der Waals surface area contributed by atoms with Gasteiger partial charge in [0.05, 0.1) is 6.04 Å². The van der Waals surface area contributed by atoms with Crippen LogP contribution in [0.1, 0.15) is 53.6 Å². The third kappa shape index (κ3) is 5.15. The molecule has 5 heteroatoms. The van der Waals surface area contributed by atoms with Crippen molar-refractivity contribution in [3.63, 3.8) is 0 Å². The molecule has 2 aliphatic rings. The van der Waals surface area contributed by atoms with Gasteiger partial charge < -0.3 is 14.5 Å². The van der Waals surface area contributed by atoms with Gasteiger partial charge in [0, 0.05) is 26.1 Å². The van der Waals surface area contributed by atoms with Crippen LogP contribution in [0.5, 0.6) is 5.75 Å². The highest BCUT2D eigenvalue weighted by atomic mass is 16.5. The number of amides is 2. The Hall–Kier alpha value is -3.60. The summed E-state index contributed by atoms with van der Waals surface area (Å²) in [4.78, 5) is 30.1. The molecule has 5 rings (SSSR count). The van der Waals surface area contributed by atoms with Crippen molar-refractivity contribution in [3.05, 3.63) is 101 Å². The summed E-state index contributed by atoms with van der Waals surface area (Å²) in [5.74, 6) is 0.999. The van der Waals surface area contributed by atoms with E-state index in [2.05, 4.69) is 42.2 Å². The van der Waals surface area contributed by atoms with Crippen LogP contribution < -0.4 is 4.74 Å². The van der Waals surface area contributed by atoms with E-state index in [9.17, 15) is 9.59 Å². The largest absolute Gasteiger partial charge is 0.481 e. The molecule has 0 saturated heterocycles. The average molecular weight is 483 g/mol. The summed E-state index contributed by atoms with van der Waals surface area (Å²) in [5, 5.41) is 0. The van der Waals surface area contributed by atoms with Gasteiger partial charge in [0.25, 0.3) is 5.91 Å². The average Bonchev–Trinajstić information content (AvgIpc) is 3.73. The number of ether oxygens (including phenoxy) is 1. The Morgan fingerprint density at radius 3 is 2.53 bits per heavy atom. The van der Waals surface area contributed by atoms with E-state index in [1.807, 2.05) is 42.5 Å². The molecule has 1 heterocycles. The van der Waals surface area contributed by atoms with Crippen molar-refractivity contribution in [3.8, 4) is 5.75 Å². The van der Waals surface area contributed by atoms with E-state index < -0.39 is 6.10 Å². The lowest BCUT2D eigenvalue weighted by Crippen LogP contribution is -2.41. The van der Waals surface area contributed by atoms with Gasteiger partial charge in [-0.1, -0.05) is 66.2 Å². The van der Waals surface area contributed by atoms with Crippen molar-refractivity contribution < 1.29 is 14.3 Å². The van der Waals surface area contributed by atoms with Crippen molar-refractivity contribution >= 4 is 11.8 Å². The first kappa shape index (κ1) is 24.1. The number of rotatable bonds is 7. The SMILES string of the molecule is Cc1cccc(C2c3cc(OC(C)C(=O)N(C)Cc4ccccc4)ccc3CCN2C(=O)C2CC2)c1. The molecule has 3 aromatic carbocycles. The fraction of sp³-hybridized carbons (Fsp3) is 0.355. The van der Waals surface area contributed by atoms with Crippen LogP contribution in [0.15, 0.2) is 72.8 Å². The summed E-state index contributed by atoms with van der Waals surface area (Å²) in [6.07, 6.45) is 2.18. The fourth-order valence-corrected chi connectivity index (χ4v) is 5.17. The highest BCUT2D eigenvalue weighted by Crippen LogP contribution is 2.41. The molecule has 1 fully saturated rings. The lowest BCUT2D eigenvalue weighted by atomic mass is 9.87. The molecule has 3 aromatic rings. The van der Waals surface area contributed by atoms with Crippen LogP contribution in [0, 0.1) is 12.8 Å². The molecule has 0 spiro atoms. The second-order valence-corrected chi connectivity index (χ2v) is 10.2. The number of aryl methyl sites for hydroxylation is 1. The molecule has 36 heavy (non-hydrogen) atoms. The van der Waals surface area contributed by atoms with Crippen molar-refractivity contribution in [1.29, 1.82) is 0 Å². The van der Waals surface area contributed by atoms with Crippen LogP contribution >= 0.6 is 0 Å². The van der Waals surface area contributed by atoms with Crippen molar-refractivity contribution in [2.75, 3.05) is 13.6 Å². The maximum atomic E-state index is 13.3. The van der Waals surface area contributed by atoms with E-state index in [0.717, 1.165) is 42.5 Å². The summed E-state index contributed by atoms with van der Waals surface area (Å²) >= 11 is 0. The van der Waals surface area contributed by atoms with Gasteiger partial charge in [0.2, 0.25) is 5.91 Å². The predicted octanol–water partition coefficient (Wildman–Crippen LogP) is 5.31. The predicted molar refractivity (Wildman–Crippen MR) is 141 cm³/mol. The topological polar surface area (TPSA) is 49.9 Å². The zero-order chi connectivity index (χ0) is 25.2. The highest BCUT2D eigenvalue weighted by Gasteiger charge is 2.39. The monoisotopic (exact) mass is 482 g/mol. The van der Waals surface area contributed by atoms with Crippen molar-refractivity contribution in [2.45, 2.75) is 51.8 Å². The highest BCUT2D eigenvalue weighted by molar-refractivity contribution is 5.82. The van der Waals surface area contributed by atoms with Crippen LogP contribution in [0.2, 0.25) is 0 Å². The van der Waals surface area contributed by atoms with E-state index in [1.54, 1.807) is 18.9 Å². The molecule has 1 aliphatic heterocycles. The van der Waals surface area contributed by atoms with Crippen LogP contribution in [-0.2, 0) is 22.6 Å². The molecule has 2 amide bonds. The smallest absolute Gasteiger partial charge is 0.263 e. The van der Waals surface area contributed by atoms with Gasteiger partial charge in [-0.2, -0.15) is 0 Å². The van der Waals surface area contributed by atoms with Crippen LogP contribution in [-0.4, -0.2) is 41.3 Å². The molecular weight excluding hydrogens is 448 g/mol. The summed E-state index contributed by atoms with van der Waals surface area (Å²) in [7, 11) is 1.80. The Kier molecular flexibility index (Phi) is 6.82. The Bertz CT molecular complexity index is 1250. The summed E-state index contributed by atoms with van der Waals surface area (Å²) in [6.45, 7) is 5.13. The minimum absolute atomic E-state index is 0.0719. The number of benzene rings is 3. The Balaban J connectivity index is 1.39. The first-order valence-electron chi connectivity index (χ1n) is 12.9. The van der Waals surface area contributed by atoms with Gasteiger partial charge in [-0.25, -0.2) is 0 Å². The molecule has 2 atom stereocenters. The fourth-order valence-electron chi connectivity index (χ4n) is 5.17. The zero-order valence-corrected chi connectivity index (χ0v) is 21.3. The number of carbonyl (C=O) groups excluding carboxylic acids is 2. The minimum Gasteiger partial charge on any atom is -0.481 e. The molecule has 0 radical (unpaired) electrons. The molecule has 1 aliphatic carbocycles. The van der Waals surface area contributed by atoms with E-state index in [1.165, 1.54) is 11.1 Å². The second-order valence-electron chi connectivity index (χ2n) is 10.2. The quantitative estimate of drug-likeness (QED) is 0.459. The van der Waals surface area contributed by atoms with E-state index in [4.69, 9.17) is 4.74 Å². The second kappa shape index (κ2) is 10.2. The third-order valence-corrected chi connectivity index (χ3v) is 7.21. The number of fused-ring (bicyclic) bond motifs is 1. The number of carbonyl (C=O) groups is 2. The Morgan fingerprint density at radius 1 is 1.03 bits per heavy atom. The maximum absolute atomic E-state index is 13.3. The van der Waals surface area contributed by atoms with Crippen molar-refractivity contribution in [1.82, 2.24) is 9.80 Å². The van der Waals surface area contributed by atoms with E-state index >= 15 is 0 Å². The van der Waals surface area contributed by atoms with Gasteiger partial charge in [0.1, 0.15) is 5.75 Å². The first-order valence-corrected chi connectivity index (χ1v) is 12.9. The van der Waals surface area contributed by atoms with Gasteiger partial charge in [0.15, 0.2) is 6.10 Å². The maximum Gasteiger partial charge on any atom is 0.263 e. The zero-order valence-electron chi connectivity index (χ0n) is 21.3. The van der Waals surface area contributed by atoms with Gasteiger partial charge >= 0.3 is 0 Å². The van der Waals surface area contributed by atoms with Crippen LogP contribution in [0.4, 0.5) is 0 Å². The van der Waals surface area contributed by atoms with Crippen molar-refractivity contribution in [2.24, 2.45) is 5.92 Å². The number of nitrogens with zero attached hydrogens (tertiary/aromatic N) is 2. The molecule has 1 saturated carbocycles. The molecule has 0 aromatic heterocycles. The van der Waals surface area contributed by atoms with Gasteiger partial charge in [-0.15, -0.1) is 0 Å². The number of hydrogen-bond acceptors (Lipinski definition) is 3. The lowest BCUT2D eigenvalue weighted by Gasteiger charge is -2.38. The van der Waals surface area contributed by atoms with Gasteiger partial charge in [-0.3, -0.25) is 9.59 Å². The summed E-state index contributed by atoms with van der Waals surface area (Å²) in [5.41, 5.74) is 5.70. The third-order valence-electron chi connectivity index (χ3n) is 7.21. The molecule has 0 bridgehead atoms. The molecule has 2 unspecified atom stereocenters. The Morgan fingerprint density at radius 2 is 1.81 bits per heavy atom. The molecular formula is C31H34N2O3. The molecule has 5 nitrogen and oxygen atoms in total. The Labute approximate surface area is 213 Å². The van der Waals surface area contributed by atoms with E-state index in [0.29, 0.717) is 12.3 Å².